The second-order valence-corrected chi connectivity index (χ2v) is 4.92. The van der Waals surface area contributed by atoms with Gasteiger partial charge in [0.25, 0.3) is 0 Å². The zero-order valence-corrected chi connectivity index (χ0v) is 11.4. The number of fused-ring (bicyclic) bond motifs is 1. The van der Waals surface area contributed by atoms with Crippen LogP contribution in [-0.4, -0.2) is 16.8 Å². The van der Waals surface area contributed by atoms with Crippen LogP contribution in [0.1, 0.15) is 36.1 Å². The van der Waals surface area contributed by atoms with Crippen LogP contribution in [0, 0.1) is 13.8 Å². The van der Waals surface area contributed by atoms with Crippen LogP contribution < -0.4 is 5.43 Å². The van der Waals surface area contributed by atoms with Gasteiger partial charge in [-0.3, -0.25) is 4.79 Å². The first-order chi connectivity index (χ1) is 8.97. The number of benzene rings is 1. The van der Waals surface area contributed by atoms with Crippen LogP contribution in [0.5, 0.6) is 5.75 Å². The summed E-state index contributed by atoms with van der Waals surface area (Å²) in [5.74, 6) is 0.657. The Morgan fingerprint density at radius 2 is 1.95 bits per heavy atom. The van der Waals surface area contributed by atoms with E-state index >= 15 is 0 Å². The highest BCUT2D eigenvalue weighted by atomic mass is 16.3. The third-order valence-corrected chi connectivity index (χ3v) is 3.55. The first-order valence-electron chi connectivity index (χ1n) is 6.34. The summed E-state index contributed by atoms with van der Waals surface area (Å²) in [5, 5.41) is 19.2. The van der Waals surface area contributed by atoms with Crippen molar-refractivity contribution in [3.05, 3.63) is 39.2 Å². The lowest BCUT2D eigenvalue weighted by Gasteiger charge is -2.14. The zero-order chi connectivity index (χ0) is 14.2. The number of rotatable bonds is 3. The molecule has 0 radical (unpaired) electrons. The van der Waals surface area contributed by atoms with Crippen molar-refractivity contribution in [2.24, 2.45) is 0 Å². The van der Waals surface area contributed by atoms with Crippen molar-refractivity contribution in [2.75, 3.05) is 6.61 Å². The summed E-state index contributed by atoms with van der Waals surface area (Å²) >= 11 is 0. The molecule has 2 N–H and O–H groups in total. The fraction of sp³-hybridized carbons (Fsp3) is 0.400. The van der Waals surface area contributed by atoms with Crippen molar-refractivity contribution in [3.8, 4) is 5.75 Å². The molecule has 1 aromatic heterocycles. The maximum atomic E-state index is 12.3. The summed E-state index contributed by atoms with van der Waals surface area (Å²) in [6.07, 6.45) is 0.535. The predicted molar refractivity (Wildman–Crippen MR) is 73.7 cm³/mol. The molecule has 0 saturated carbocycles. The molecule has 0 spiro atoms. The van der Waals surface area contributed by atoms with Gasteiger partial charge in [0.1, 0.15) is 17.1 Å². The molecule has 0 bridgehead atoms. The summed E-state index contributed by atoms with van der Waals surface area (Å²) in [4.78, 5) is 12.3. The molecule has 0 amide bonds. The Morgan fingerprint density at radius 1 is 1.26 bits per heavy atom. The van der Waals surface area contributed by atoms with Gasteiger partial charge in [-0.05, 0) is 32.4 Å². The van der Waals surface area contributed by atoms with Crippen molar-refractivity contribution in [3.63, 3.8) is 0 Å². The lowest BCUT2D eigenvalue weighted by atomic mass is 9.99. The molecule has 4 nitrogen and oxygen atoms in total. The number of aryl methyl sites for hydroxylation is 1. The molecule has 0 aliphatic heterocycles. The highest BCUT2D eigenvalue weighted by Gasteiger charge is 2.18. The van der Waals surface area contributed by atoms with Gasteiger partial charge < -0.3 is 14.6 Å². The van der Waals surface area contributed by atoms with E-state index in [1.807, 2.05) is 6.92 Å². The molecule has 1 unspecified atom stereocenters. The van der Waals surface area contributed by atoms with E-state index in [1.165, 1.54) is 6.07 Å². The highest BCUT2D eigenvalue weighted by Crippen LogP contribution is 2.29. The summed E-state index contributed by atoms with van der Waals surface area (Å²) < 4.78 is 5.83. The first kappa shape index (κ1) is 13.6. The average Bonchev–Trinajstić information content (AvgIpc) is 2.38. The number of aliphatic hydroxyl groups excluding tert-OH is 1. The molecule has 1 atom stereocenters. The van der Waals surface area contributed by atoms with Crippen LogP contribution >= 0.6 is 0 Å². The molecule has 19 heavy (non-hydrogen) atoms. The van der Waals surface area contributed by atoms with Crippen LogP contribution in [0.25, 0.3) is 11.0 Å². The molecule has 0 aliphatic rings. The maximum absolute atomic E-state index is 12.3. The third-order valence-electron chi connectivity index (χ3n) is 3.55. The Kier molecular flexibility index (Phi) is 3.62. The minimum atomic E-state index is -0.0795. The van der Waals surface area contributed by atoms with E-state index < -0.39 is 0 Å². The van der Waals surface area contributed by atoms with Crippen LogP contribution in [0.2, 0.25) is 0 Å². The van der Waals surface area contributed by atoms with E-state index in [2.05, 4.69) is 0 Å². The molecule has 4 heteroatoms. The summed E-state index contributed by atoms with van der Waals surface area (Å²) in [6, 6.07) is 3.09. The minimum absolute atomic E-state index is 0.0381. The van der Waals surface area contributed by atoms with Crippen molar-refractivity contribution in [1.29, 1.82) is 0 Å². The molecule has 102 valence electrons. The number of aromatic hydroxyl groups is 1. The molecule has 0 fully saturated rings. The lowest BCUT2D eigenvalue weighted by molar-refractivity contribution is 0.271. The summed E-state index contributed by atoms with van der Waals surface area (Å²) in [7, 11) is 0. The quantitative estimate of drug-likeness (QED) is 0.892. The Labute approximate surface area is 111 Å². The molecule has 1 heterocycles. The molecule has 1 aromatic carbocycles. The smallest absolute Gasteiger partial charge is 0.195 e. The standard InChI is InChI=1S/C15H18O4/c1-8(6-7-16)14-10(3)13(18)11-4-5-12(17)9(2)15(11)19-14/h4-5,8,16-17H,6-7H2,1-3H3. The molecular weight excluding hydrogens is 244 g/mol. The summed E-state index contributed by atoms with van der Waals surface area (Å²) in [6.45, 7) is 5.40. The van der Waals surface area contributed by atoms with Crippen LogP contribution in [-0.2, 0) is 0 Å². The molecule has 2 aromatic rings. The SMILES string of the molecule is Cc1c(C(C)CCO)oc2c(C)c(O)ccc2c1=O. The zero-order valence-electron chi connectivity index (χ0n) is 11.4. The molecule has 0 saturated heterocycles. The second kappa shape index (κ2) is 5.05. The van der Waals surface area contributed by atoms with E-state index in [-0.39, 0.29) is 23.7 Å². The number of phenolic OH excluding ortho intramolecular Hbond substituents is 1. The van der Waals surface area contributed by atoms with E-state index in [4.69, 9.17) is 9.52 Å². The van der Waals surface area contributed by atoms with E-state index in [1.54, 1.807) is 19.9 Å². The van der Waals surface area contributed by atoms with Crippen LogP contribution in [0.4, 0.5) is 0 Å². The van der Waals surface area contributed by atoms with Gasteiger partial charge in [-0.25, -0.2) is 0 Å². The normalized spacial score (nSPS) is 12.8. The second-order valence-electron chi connectivity index (χ2n) is 4.92. The minimum Gasteiger partial charge on any atom is -0.508 e. The van der Waals surface area contributed by atoms with Gasteiger partial charge in [0.05, 0.1) is 5.39 Å². The van der Waals surface area contributed by atoms with Gasteiger partial charge in [-0.2, -0.15) is 0 Å². The number of phenols is 1. The van der Waals surface area contributed by atoms with Crippen molar-refractivity contribution in [1.82, 2.24) is 0 Å². The largest absolute Gasteiger partial charge is 0.508 e. The van der Waals surface area contributed by atoms with Gasteiger partial charge in [-0.1, -0.05) is 6.92 Å². The van der Waals surface area contributed by atoms with Gasteiger partial charge >= 0.3 is 0 Å². The van der Waals surface area contributed by atoms with Crippen molar-refractivity contribution in [2.45, 2.75) is 33.1 Å². The fourth-order valence-electron chi connectivity index (χ4n) is 2.29. The van der Waals surface area contributed by atoms with Crippen molar-refractivity contribution >= 4 is 11.0 Å². The molecule has 2 rings (SSSR count). The fourth-order valence-corrected chi connectivity index (χ4v) is 2.29. The van der Waals surface area contributed by atoms with Crippen molar-refractivity contribution < 1.29 is 14.6 Å². The Balaban J connectivity index is 2.78. The predicted octanol–water partition coefficient (Wildman–Crippen LogP) is 2.60. The summed E-state index contributed by atoms with van der Waals surface area (Å²) in [5.41, 5.74) is 1.48. The Morgan fingerprint density at radius 3 is 2.58 bits per heavy atom. The number of hydrogen-bond acceptors (Lipinski definition) is 4. The first-order valence-corrected chi connectivity index (χ1v) is 6.34. The molecule has 0 aliphatic carbocycles. The van der Waals surface area contributed by atoms with Crippen LogP contribution in [0.3, 0.4) is 0 Å². The number of hydrogen-bond donors (Lipinski definition) is 2. The Hall–Kier alpha value is -1.81. The van der Waals surface area contributed by atoms with E-state index in [0.717, 1.165) is 0 Å². The Bertz CT molecular complexity index is 670. The maximum Gasteiger partial charge on any atom is 0.195 e. The third kappa shape index (κ3) is 2.24. The average molecular weight is 262 g/mol. The van der Waals surface area contributed by atoms with Gasteiger partial charge in [0.15, 0.2) is 5.43 Å². The lowest BCUT2D eigenvalue weighted by Crippen LogP contribution is -2.12. The van der Waals surface area contributed by atoms with Gasteiger partial charge in [-0.15, -0.1) is 0 Å². The van der Waals surface area contributed by atoms with Crippen LogP contribution in [0.15, 0.2) is 21.3 Å². The number of aliphatic hydroxyl groups is 1. The van der Waals surface area contributed by atoms with E-state index in [9.17, 15) is 9.90 Å². The van der Waals surface area contributed by atoms with Gasteiger partial charge in [0, 0.05) is 23.7 Å². The monoisotopic (exact) mass is 262 g/mol. The topological polar surface area (TPSA) is 70.7 Å². The van der Waals surface area contributed by atoms with Gasteiger partial charge in [0.2, 0.25) is 0 Å². The highest BCUT2D eigenvalue weighted by molar-refractivity contribution is 5.82. The van der Waals surface area contributed by atoms with E-state index in [0.29, 0.717) is 34.3 Å². The molecular formula is C15H18O4.